The Morgan fingerprint density at radius 3 is 2.36 bits per heavy atom. The van der Waals surface area contributed by atoms with Crippen molar-refractivity contribution in [2.45, 2.75) is 97.2 Å². The molecule has 4 fully saturated rings. The Bertz CT molecular complexity index is 605. The van der Waals surface area contributed by atoms with Crippen molar-refractivity contribution in [1.82, 2.24) is 0 Å². The molecule has 0 aliphatic heterocycles. The summed E-state index contributed by atoms with van der Waals surface area (Å²) in [5.74, 6) is 2.61. The van der Waals surface area contributed by atoms with E-state index in [2.05, 4.69) is 20.8 Å². The number of aliphatic hydroxyl groups is 2. The third-order valence-corrected chi connectivity index (χ3v) is 10.2. The molecule has 3 N–H and O–H groups in total. The highest BCUT2D eigenvalue weighted by Gasteiger charge is 2.62. The van der Waals surface area contributed by atoms with Crippen LogP contribution in [0.25, 0.3) is 0 Å². The van der Waals surface area contributed by atoms with Crippen LogP contribution in [0, 0.1) is 46.3 Å². The Labute approximate surface area is 170 Å². The zero-order valence-corrected chi connectivity index (χ0v) is 17.9. The van der Waals surface area contributed by atoms with Gasteiger partial charge in [-0.15, -0.1) is 0 Å². The zero-order chi connectivity index (χ0) is 20.3. The average Bonchev–Trinajstić information content (AvgIpc) is 2.99. The molecule has 10 atom stereocenters. The standard InChI is InChI=1S/C24H40O4/c1-14(4-7-22(27)28)17-5-6-18-16-13-21(26)20-12-15(25)8-10-24(20,3)19(16)9-11-23(17,18)2/h14-21,25-26H,4-13H2,1-3H3,(H,27,28)/t14-,15-,16+,17-,18+,19+,20-,21+,23-,24-/m0/s1. The average molecular weight is 393 g/mol. The lowest BCUT2D eigenvalue weighted by atomic mass is 9.44. The molecule has 4 heteroatoms. The minimum Gasteiger partial charge on any atom is -0.481 e. The molecular weight excluding hydrogens is 352 g/mol. The predicted octanol–water partition coefficient (Wildman–Crippen LogP) is 4.48. The van der Waals surface area contributed by atoms with E-state index in [0.29, 0.717) is 35.0 Å². The SMILES string of the molecule is C[C@@H](CCC(=O)O)[C@@H]1CC[C@@H]2[C@H]3C[C@@H](O)[C@@H]4C[C@@H](O)CC[C@@]4(C)[C@@H]3CC[C@]21C. The van der Waals surface area contributed by atoms with Crippen LogP contribution in [-0.2, 0) is 4.79 Å². The van der Waals surface area contributed by atoms with Gasteiger partial charge in [-0.3, -0.25) is 4.79 Å². The largest absolute Gasteiger partial charge is 0.481 e. The molecule has 0 spiro atoms. The maximum absolute atomic E-state index is 11.1. The molecule has 4 rings (SSSR count). The van der Waals surface area contributed by atoms with Gasteiger partial charge in [0.2, 0.25) is 0 Å². The highest BCUT2D eigenvalue weighted by atomic mass is 16.4. The van der Waals surface area contributed by atoms with Crippen molar-refractivity contribution in [3.05, 3.63) is 0 Å². The van der Waals surface area contributed by atoms with Crippen LogP contribution < -0.4 is 0 Å². The first-order valence-electron chi connectivity index (χ1n) is 11.7. The van der Waals surface area contributed by atoms with Gasteiger partial charge in [-0.25, -0.2) is 0 Å². The number of aliphatic carboxylic acids is 1. The van der Waals surface area contributed by atoms with Crippen LogP contribution in [0.5, 0.6) is 0 Å². The first-order valence-corrected chi connectivity index (χ1v) is 11.7. The number of hydrogen-bond donors (Lipinski definition) is 3. The topological polar surface area (TPSA) is 77.8 Å². The van der Waals surface area contributed by atoms with Crippen molar-refractivity contribution in [3.8, 4) is 0 Å². The number of carbonyl (C=O) groups is 1. The van der Waals surface area contributed by atoms with E-state index in [1.54, 1.807) is 0 Å². The van der Waals surface area contributed by atoms with Crippen LogP contribution in [0.3, 0.4) is 0 Å². The molecule has 0 aromatic heterocycles. The van der Waals surface area contributed by atoms with Gasteiger partial charge in [0.15, 0.2) is 0 Å². The summed E-state index contributed by atoms with van der Waals surface area (Å²) in [4.78, 5) is 11.1. The summed E-state index contributed by atoms with van der Waals surface area (Å²) in [7, 11) is 0. The molecule has 0 amide bonds. The minimum absolute atomic E-state index is 0.176. The summed E-state index contributed by atoms with van der Waals surface area (Å²) in [6, 6.07) is 0. The van der Waals surface area contributed by atoms with Crippen molar-refractivity contribution < 1.29 is 20.1 Å². The maximum atomic E-state index is 11.1. The number of carboxylic acids is 1. The normalized spacial score (nSPS) is 51.7. The molecule has 160 valence electrons. The van der Waals surface area contributed by atoms with Gasteiger partial charge >= 0.3 is 5.97 Å². The van der Waals surface area contributed by atoms with Gasteiger partial charge < -0.3 is 15.3 Å². The molecule has 0 aromatic carbocycles. The van der Waals surface area contributed by atoms with Crippen molar-refractivity contribution in [2.75, 3.05) is 0 Å². The molecule has 4 nitrogen and oxygen atoms in total. The molecule has 0 radical (unpaired) electrons. The Kier molecular flexibility index (Phi) is 5.36. The fourth-order valence-corrected chi connectivity index (χ4v) is 8.81. The second kappa shape index (κ2) is 7.27. The Morgan fingerprint density at radius 2 is 1.64 bits per heavy atom. The predicted molar refractivity (Wildman–Crippen MR) is 109 cm³/mol. The van der Waals surface area contributed by atoms with Crippen LogP contribution in [0.2, 0.25) is 0 Å². The molecule has 0 bridgehead atoms. The van der Waals surface area contributed by atoms with Gasteiger partial charge in [0.25, 0.3) is 0 Å². The van der Waals surface area contributed by atoms with Crippen molar-refractivity contribution in [1.29, 1.82) is 0 Å². The lowest BCUT2D eigenvalue weighted by Gasteiger charge is -2.62. The van der Waals surface area contributed by atoms with Gasteiger partial charge in [0, 0.05) is 6.42 Å². The Balaban J connectivity index is 1.55. The summed E-state index contributed by atoms with van der Waals surface area (Å²) in [6.07, 6.45) is 9.16. The van der Waals surface area contributed by atoms with E-state index in [1.807, 2.05) is 0 Å². The molecular formula is C24H40O4. The summed E-state index contributed by atoms with van der Waals surface area (Å²) in [5.41, 5.74) is 0.478. The third kappa shape index (κ3) is 3.14. The first kappa shape index (κ1) is 20.7. The molecule has 0 aromatic rings. The lowest BCUT2D eigenvalue weighted by Crippen LogP contribution is -2.58. The lowest BCUT2D eigenvalue weighted by molar-refractivity contribution is -0.172. The molecule has 28 heavy (non-hydrogen) atoms. The van der Waals surface area contributed by atoms with E-state index < -0.39 is 5.97 Å². The van der Waals surface area contributed by atoms with Crippen LogP contribution >= 0.6 is 0 Å². The molecule has 4 aliphatic carbocycles. The van der Waals surface area contributed by atoms with E-state index in [0.717, 1.165) is 32.1 Å². The van der Waals surface area contributed by atoms with Crippen molar-refractivity contribution in [2.24, 2.45) is 46.3 Å². The molecule has 4 saturated carbocycles. The smallest absolute Gasteiger partial charge is 0.303 e. The molecule has 4 aliphatic rings. The fraction of sp³-hybridized carbons (Fsp3) is 0.958. The third-order valence-electron chi connectivity index (χ3n) is 10.2. The number of rotatable bonds is 4. The highest BCUT2D eigenvalue weighted by molar-refractivity contribution is 5.66. The quantitative estimate of drug-likeness (QED) is 0.659. The minimum atomic E-state index is -0.677. The summed E-state index contributed by atoms with van der Waals surface area (Å²) in [5, 5.41) is 30.4. The van der Waals surface area contributed by atoms with Crippen molar-refractivity contribution in [3.63, 3.8) is 0 Å². The van der Waals surface area contributed by atoms with Gasteiger partial charge in [0.1, 0.15) is 0 Å². The van der Waals surface area contributed by atoms with E-state index >= 15 is 0 Å². The highest BCUT2D eigenvalue weighted by Crippen LogP contribution is 2.68. The van der Waals surface area contributed by atoms with Gasteiger partial charge in [-0.1, -0.05) is 20.8 Å². The van der Waals surface area contributed by atoms with Gasteiger partial charge in [-0.2, -0.15) is 0 Å². The van der Waals surface area contributed by atoms with E-state index in [4.69, 9.17) is 5.11 Å². The number of fused-ring (bicyclic) bond motifs is 5. The number of hydrogen-bond acceptors (Lipinski definition) is 3. The fourth-order valence-electron chi connectivity index (χ4n) is 8.81. The van der Waals surface area contributed by atoms with Crippen LogP contribution in [-0.4, -0.2) is 33.5 Å². The Hall–Kier alpha value is -0.610. The summed E-state index contributed by atoms with van der Waals surface area (Å²) < 4.78 is 0. The Morgan fingerprint density at radius 1 is 0.964 bits per heavy atom. The van der Waals surface area contributed by atoms with Crippen LogP contribution in [0.1, 0.15) is 85.0 Å². The summed E-state index contributed by atoms with van der Waals surface area (Å²) >= 11 is 0. The number of aliphatic hydroxyl groups excluding tert-OH is 2. The molecule has 0 saturated heterocycles. The van der Waals surface area contributed by atoms with Gasteiger partial charge in [0.05, 0.1) is 12.2 Å². The maximum Gasteiger partial charge on any atom is 0.303 e. The monoisotopic (exact) mass is 392 g/mol. The second-order valence-electron chi connectivity index (χ2n) is 11.4. The van der Waals surface area contributed by atoms with E-state index in [9.17, 15) is 15.0 Å². The number of carboxylic acid groups (broad SMARTS) is 1. The second-order valence-corrected chi connectivity index (χ2v) is 11.4. The van der Waals surface area contributed by atoms with Crippen LogP contribution in [0.4, 0.5) is 0 Å². The van der Waals surface area contributed by atoms with E-state index in [-0.39, 0.29) is 30.0 Å². The summed E-state index contributed by atoms with van der Waals surface area (Å²) in [6.45, 7) is 7.16. The van der Waals surface area contributed by atoms with Crippen LogP contribution in [0.15, 0.2) is 0 Å². The zero-order valence-electron chi connectivity index (χ0n) is 17.9. The molecule has 0 unspecified atom stereocenters. The van der Waals surface area contributed by atoms with Crippen molar-refractivity contribution >= 4 is 5.97 Å². The first-order chi connectivity index (χ1) is 13.2. The molecule has 0 heterocycles. The van der Waals surface area contributed by atoms with Gasteiger partial charge in [-0.05, 0) is 104 Å². The van der Waals surface area contributed by atoms with E-state index in [1.165, 1.54) is 25.7 Å².